The molecule has 0 aromatic heterocycles. The SMILES string of the molecule is CC.CC(C)CC[Si](C)(C)C.CC(C)CC[Si](C)(C)C.CC(C)CC[Si](O)(O)O.CC(C)CC[Si](O)(O)O.CC(C)CC[Si](O)(O)O[Si](O)(O)CCC(C)C.CO. The van der Waals surface area contributed by atoms with E-state index in [-0.39, 0.29) is 24.2 Å². The maximum absolute atomic E-state index is 9.65. The van der Waals surface area contributed by atoms with Gasteiger partial charge in [0.25, 0.3) is 0 Å². The first-order valence-electron chi connectivity index (χ1n) is 21.6. The Bertz CT molecular complexity index is 713. The van der Waals surface area contributed by atoms with Crippen molar-refractivity contribution in [2.45, 2.75) is 211 Å². The fourth-order valence-corrected chi connectivity index (χ4v) is 13.4. The van der Waals surface area contributed by atoms with Gasteiger partial charge in [-0.2, -0.15) is 0 Å². The van der Waals surface area contributed by atoms with E-state index < -0.39 is 51.4 Å². The Morgan fingerprint density at radius 2 is 0.474 bits per heavy atom. The Morgan fingerprint density at radius 1 is 0.316 bits per heavy atom. The van der Waals surface area contributed by atoms with Gasteiger partial charge < -0.3 is 57.2 Å². The average Bonchev–Trinajstić information content (AvgIpc) is 3.01. The lowest BCUT2D eigenvalue weighted by molar-refractivity contribution is 0.151. The topological polar surface area (TPSA) is 232 Å². The summed E-state index contributed by atoms with van der Waals surface area (Å²) in [4.78, 5) is 89.7. The van der Waals surface area contributed by atoms with E-state index in [1.807, 2.05) is 69.2 Å². The van der Waals surface area contributed by atoms with Crippen LogP contribution >= 0.6 is 0 Å². The zero-order chi connectivity index (χ0) is 47.7. The van der Waals surface area contributed by atoms with Crippen molar-refractivity contribution in [2.24, 2.45) is 35.5 Å². The standard InChI is InChI=1S/C10H26O5Si2.2C8H20Si.2C5H14O3Si.C2H6.CH4O/c1-9(2)5-7-16(11,12)15-17(13,14)8-6-10(3)4;2*1-8(2)6-7-9(3,4)5;2*1-5(2)3-4-9(6,7)8;2*1-2/h9-14H,5-8H2,1-4H3;2*8H,6-7H2,1-5H3;2*5-8H,3-4H2,1-2H3;1-2H3;2H,1H3. The number of hydrogen-bond acceptors (Lipinski definition) is 12. The maximum atomic E-state index is 9.65. The summed E-state index contributed by atoms with van der Waals surface area (Å²) in [5, 5.41) is 7.00. The molecule has 0 radical (unpaired) electrons. The van der Waals surface area contributed by atoms with Gasteiger partial charge in [0, 0.05) is 47.4 Å². The summed E-state index contributed by atoms with van der Waals surface area (Å²) in [6.07, 6.45) is 5.42. The van der Waals surface area contributed by atoms with Gasteiger partial charge in [0.1, 0.15) is 0 Å². The van der Waals surface area contributed by atoms with E-state index in [9.17, 15) is 19.2 Å². The van der Waals surface area contributed by atoms with E-state index in [0.29, 0.717) is 49.4 Å². The Balaban J connectivity index is -0.000000110. The van der Waals surface area contributed by atoms with Gasteiger partial charge in [-0.05, 0) is 61.2 Å². The third-order valence-electron chi connectivity index (χ3n) is 7.48. The fourth-order valence-electron chi connectivity index (χ4n) is 3.73. The van der Waals surface area contributed by atoms with Crippen LogP contribution in [-0.2, 0) is 4.12 Å². The lowest BCUT2D eigenvalue weighted by Crippen LogP contribution is -2.53. The van der Waals surface area contributed by atoms with E-state index >= 15 is 0 Å². The summed E-state index contributed by atoms with van der Waals surface area (Å²) in [7, 11) is -15.7. The summed E-state index contributed by atoms with van der Waals surface area (Å²) in [5.74, 6) is 3.29. The van der Waals surface area contributed by atoms with E-state index in [2.05, 4.69) is 67.0 Å². The summed E-state index contributed by atoms with van der Waals surface area (Å²) < 4.78 is 4.83. The Hall–Kier alpha value is 0.821. The molecule has 0 unspecified atom stereocenters. The summed E-state index contributed by atoms with van der Waals surface area (Å²) in [6, 6.07) is 3.52. The Kier molecular flexibility index (Phi) is 48.8. The third-order valence-corrected chi connectivity index (χ3v) is 17.5. The molecule has 0 heterocycles. The number of aliphatic hydroxyl groups is 1. The molecular formula is C39H104O12Si6. The highest BCUT2D eigenvalue weighted by Gasteiger charge is 2.45. The van der Waals surface area contributed by atoms with Crippen LogP contribution in [0.5, 0.6) is 0 Å². The van der Waals surface area contributed by atoms with Crippen molar-refractivity contribution in [1.82, 2.24) is 0 Å². The highest BCUT2D eigenvalue weighted by atomic mass is 28.5. The Labute approximate surface area is 360 Å². The van der Waals surface area contributed by atoms with Crippen molar-refractivity contribution in [3.05, 3.63) is 0 Å². The van der Waals surface area contributed by atoms with Crippen molar-refractivity contribution in [1.29, 1.82) is 0 Å². The molecule has 0 bridgehead atoms. The first-order chi connectivity index (χ1) is 25.2. The fraction of sp³-hybridized carbons (Fsp3) is 1.00. The molecule has 57 heavy (non-hydrogen) atoms. The van der Waals surface area contributed by atoms with Crippen molar-refractivity contribution < 1.29 is 57.2 Å². The predicted octanol–water partition coefficient (Wildman–Crippen LogP) is 8.21. The molecular weight excluding hydrogens is 829 g/mol. The van der Waals surface area contributed by atoms with Crippen LogP contribution in [-0.4, -0.2) is 112 Å². The van der Waals surface area contributed by atoms with Gasteiger partial charge in [-0.3, -0.25) is 0 Å². The second-order valence-electron chi connectivity index (χ2n) is 19.9. The van der Waals surface area contributed by atoms with Crippen LogP contribution in [0.2, 0.25) is 75.5 Å². The molecule has 0 saturated heterocycles. The first kappa shape index (κ1) is 72.3. The number of rotatable bonds is 20. The van der Waals surface area contributed by atoms with E-state index in [1.165, 1.54) is 24.9 Å². The maximum Gasteiger partial charge on any atom is 0.492 e. The molecule has 0 aliphatic rings. The van der Waals surface area contributed by atoms with E-state index in [4.69, 9.17) is 38.0 Å². The highest BCUT2D eigenvalue weighted by molar-refractivity contribution is 6.76. The minimum absolute atomic E-state index is 0.113. The largest absolute Gasteiger partial charge is 0.492 e. The lowest BCUT2D eigenvalue weighted by atomic mass is 10.2. The van der Waals surface area contributed by atoms with Gasteiger partial charge in [-0.1, -0.05) is 161 Å². The van der Waals surface area contributed by atoms with Crippen molar-refractivity contribution in [2.75, 3.05) is 7.11 Å². The molecule has 18 heteroatoms. The molecule has 0 amide bonds. The van der Waals surface area contributed by atoms with Gasteiger partial charge in [-0.25, -0.2) is 0 Å². The predicted molar refractivity (Wildman–Crippen MR) is 258 cm³/mol. The summed E-state index contributed by atoms with van der Waals surface area (Å²) >= 11 is 0. The number of aliphatic hydroxyl groups excluding tert-OH is 1. The first-order valence-corrected chi connectivity index (χ1v) is 37.1. The highest BCUT2D eigenvalue weighted by Crippen LogP contribution is 2.21. The molecule has 0 aliphatic heterocycles. The second-order valence-corrected chi connectivity index (χ2v) is 40.0. The van der Waals surface area contributed by atoms with Gasteiger partial charge in [0.2, 0.25) is 0 Å². The molecule has 0 atom stereocenters. The van der Waals surface area contributed by atoms with Crippen molar-refractivity contribution in [3.63, 3.8) is 0 Å². The molecule has 11 N–H and O–H groups in total. The van der Waals surface area contributed by atoms with Crippen molar-refractivity contribution in [3.8, 4) is 0 Å². The van der Waals surface area contributed by atoms with Crippen LogP contribution in [0.1, 0.15) is 135 Å². The third kappa shape index (κ3) is 93.1. The zero-order valence-corrected chi connectivity index (χ0v) is 47.3. The van der Waals surface area contributed by atoms with Crippen molar-refractivity contribution >= 4 is 51.4 Å². The summed E-state index contributed by atoms with van der Waals surface area (Å²) in [6.45, 7) is 43.6. The van der Waals surface area contributed by atoms with Crippen LogP contribution in [0.3, 0.4) is 0 Å². The molecule has 0 rings (SSSR count). The van der Waals surface area contributed by atoms with Crippen LogP contribution in [0.25, 0.3) is 0 Å². The molecule has 356 valence electrons. The molecule has 12 nitrogen and oxygen atoms in total. The van der Waals surface area contributed by atoms with Crippen LogP contribution in [0.15, 0.2) is 0 Å². The average molecular weight is 934 g/mol. The molecule has 0 aromatic rings. The van der Waals surface area contributed by atoms with Gasteiger partial charge in [-0.15, -0.1) is 0 Å². The quantitative estimate of drug-likeness (QED) is 0.0519. The van der Waals surface area contributed by atoms with Crippen LogP contribution in [0.4, 0.5) is 0 Å². The minimum Gasteiger partial charge on any atom is -0.400 e. The number of hydrogen-bond donors (Lipinski definition) is 11. The van der Waals surface area contributed by atoms with Gasteiger partial charge in [0.15, 0.2) is 0 Å². The Morgan fingerprint density at radius 3 is 0.579 bits per heavy atom. The van der Waals surface area contributed by atoms with Gasteiger partial charge >= 0.3 is 35.2 Å². The molecule has 0 aliphatic carbocycles. The van der Waals surface area contributed by atoms with Gasteiger partial charge in [0.05, 0.1) is 0 Å². The smallest absolute Gasteiger partial charge is 0.400 e. The van der Waals surface area contributed by atoms with E-state index in [1.54, 1.807) is 0 Å². The van der Waals surface area contributed by atoms with Crippen LogP contribution in [0, 0.1) is 35.5 Å². The normalized spacial score (nSPS) is 12.3. The molecule has 0 saturated carbocycles. The minimum atomic E-state index is -3.91. The second kappa shape index (κ2) is 38.5. The van der Waals surface area contributed by atoms with Crippen LogP contribution < -0.4 is 0 Å². The molecule has 0 spiro atoms. The summed E-state index contributed by atoms with van der Waals surface area (Å²) in [5.41, 5.74) is 0. The monoisotopic (exact) mass is 933 g/mol. The lowest BCUT2D eigenvalue weighted by Gasteiger charge is -2.26. The van der Waals surface area contributed by atoms with E-state index in [0.717, 1.165) is 18.9 Å². The molecule has 0 aromatic carbocycles. The molecule has 0 fully saturated rings. The zero-order valence-electron chi connectivity index (χ0n) is 41.3.